The van der Waals surface area contributed by atoms with Crippen molar-refractivity contribution in [2.75, 3.05) is 31.1 Å². The number of nitrogens with zero attached hydrogens (tertiary/aromatic N) is 2. The van der Waals surface area contributed by atoms with Crippen molar-refractivity contribution in [2.24, 2.45) is 0 Å². The average Bonchev–Trinajstić information content (AvgIpc) is 2.88. The quantitative estimate of drug-likeness (QED) is 0.832. The van der Waals surface area contributed by atoms with E-state index < -0.39 is 0 Å². The zero-order valence-electron chi connectivity index (χ0n) is 10.9. The molecule has 93 valence electrons. The van der Waals surface area contributed by atoms with Gasteiger partial charge in [-0.1, -0.05) is 19.3 Å². The van der Waals surface area contributed by atoms with Crippen LogP contribution in [0, 0.1) is 0 Å². The number of benzene rings is 1. The van der Waals surface area contributed by atoms with E-state index in [4.69, 9.17) is 0 Å². The smallest absolute Gasteiger partial charge is 0.208 e. The Kier molecular flexibility index (Phi) is 3.28. The lowest BCUT2D eigenvalue weighted by Crippen LogP contribution is -2.47. The highest BCUT2D eigenvalue weighted by atomic mass is 15.2. The lowest BCUT2D eigenvalue weighted by molar-refractivity contribution is 0.406. The summed E-state index contributed by atoms with van der Waals surface area (Å²) in [5.74, 6) is 0. The number of nitrogens with one attached hydrogen (secondary N) is 1. The van der Waals surface area contributed by atoms with E-state index in [0.717, 1.165) is 32.5 Å². The molecule has 0 saturated carbocycles. The van der Waals surface area contributed by atoms with Crippen LogP contribution in [-0.4, -0.2) is 43.4 Å². The minimum Gasteiger partial charge on any atom is -0.369 e. The fourth-order valence-corrected chi connectivity index (χ4v) is 2.75. The molecule has 0 atom stereocenters. The molecule has 1 saturated heterocycles. The van der Waals surface area contributed by atoms with Crippen LogP contribution < -0.4 is 4.90 Å². The molecule has 1 N–H and O–H groups in total. The molecule has 0 unspecified atom stereocenters. The number of H-pyrrole nitrogens is 1. The molecule has 0 amide bonds. The van der Waals surface area contributed by atoms with Crippen molar-refractivity contribution >= 4 is 24.0 Å². The number of hydrogen-bond donors (Lipinski definition) is 1. The zero-order chi connectivity index (χ0) is 12.4. The summed E-state index contributed by atoms with van der Waals surface area (Å²) in [5, 5.41) is 1.34. The lowest BCUT2D eigenvalue weighted by atomic mass is 9.86. The number of anilines is 1. The predicted octanol–water partition coefficient (Wildman–Crippen LogP) is 2.35. The van der Waals surface area contributed by atoms with E-state index in [0.29, 0.717) is 0 Å². The number of fused-ring (bicyclic) bond motifs is 1. The number of hydrogen-bond acceptors (Lipinski definition) is 2. The summed E-state index contributed by atoms with van der Waals surface area (Å²) < 4.78 is 0. The third kappa shape index (κ3) is 2.13. The number of aromatic nitrogens is 1. The molecule has 1 radical (unpaired) electrons. The standard InChI is InChI=1S/C14H19BN3/c1-2-15-18-10-8-17(9-11-18)14-5-3-4-13-12(14)6-7-16-13/h3-7,16H,2,8-11H2,1H3. The van der Waals surface area contributed by atoms with E-state index in [2.05, 4.69) is 53.3 Å². The Hall–Kier alpha value is -1.42. The van der Waals surface area contributed by atoms with Gasteiger partial charge in [-0.15, -0.1) is 0 Å². The van der Waals surface area contributed by atoms with Crippen LogP contribution in [0.25, 0.3) is 10.9 Å². The second-order valence-corrected chi connectivity index (χ2v) is 4.83. The number of rotatable bonds is 3. The lowest BCUT2D eigenvalue weighted by Gasteiger charge is -2.36. The molecule has 0 bridgehead atoms. The Balaban J connectivity index is 1.78. The largest absolute Gasteiger partial charge is 0.369 e. The van der Waals surface area contributed by atoms with Crippen LogP contribution >= 0.6 is 0 Å². The van der Waals surface area contributed by atoms with Crippen LogP contribution in [0.1, 0.15) is 6.92 Å². The van der Waals surface area contributed by atoms with E-state index in [1.165, 1.54) is 16.6 Å². The SMILES string of the molecule is CC[B]N1CCN(c2cccc3[nH]ccc23)CC1. The van der Waals surface area contributed by atoms with Gasteiger partial charge >= 0.3 is 0 Å². The molecule has 1 aliphatic heterocycles. The molecule has 0 spiro atoms. The van der Waals surface area contributed by atoms with Gasteiger partial charge in [0.15, 0.2) is 0 Å². The van der Waals surface area contributed by atoms with Crippen molar-refractivity contribution in [2.45, 2.75) is 13.2 Å². The monoisotopic (exact) mass is 240 g/mol. The third-order valence-corrected chi connectivity index (χ3v) is 3.67. The molecule has 1 aliphatic rings. The van der Waals surface area contributed by atoms with Crippen LogP contribution in [0.15, 0.2) is 30.5 Å². The van der Waals surface area contributed by atoms with Crippen LogP contribution in [0.2, 0.25) is 6.32 Å². The maximum absolute atomic E-state index is 3.28. The molecule has 0 aliphatic carbocycles. The average molecular weight is 240 g/mol. The summed E-state index contributed by atoms with van der Waals surface area (Å²) in [6.45, 7) is 6.69. The van der Waals surface area contributed by atoms with Gasteiger partial charge in [0.05, 0.1) is 0 Å². The second kappa shape index (κ2) is 5.06. The maximum atomic E-state index is 3.28. The van der Waals surface area contributed by atoms with Gasteiger partial charge < -0.3 is 14.7 Å². The molecule has 2 aromatic rings. The van der Waals surface area contributed by atoms with Crippen LogP contribution in [0.3, 0.4) is 0 Å². The van der Waals surface area contributed by atoms with E-state index in [9.17, 15) is 0 Å². The molecule has 1 aromatic carbocycles. The topological polar surface area (TPSA) is 22.3 Å². The molecule has 3 nitrogen and oxygen atoms in total. The first-order valence-electron chi connectivity index (χ1n) is 6.77. The van der Waals surface area contributed by atoms with Gasteiger partial charge in [0.2, 0.25) is 7.41 Å². The van der Waals surface area contributed by atoms with Gasteiger partial charge in [0.25, 0.3) is 0 Å². The van der Waals surface area contributed by atoms with Crippen molar-refractivity contribution < 1.29 is 0 Å². The van der Waals surface area contributed by atoms with Crippen LogP contribution in [-0.2, 0) is 0 Å². The van der Waals surface area contributed by atoms with Crippen molar-refractivity contribution in [3.05, 3.63) is 30.5 Å². The maximum Gasteiger partial charge on any atom is 0.208 e. The number of aromatic amines is 1. The summed E-state index contributed by atoms with van der Waals surface area (Å²) in [6, 6.07) is 8.68. The Labute approximate surface area is 109 Å². The molecule has 3 rings (SSSR count). The van der Waals surface area contributed by atoms with Gasteiger partial charge in [-0.2, -0.15) is 0 Å². The van der Waals surface area contributed by atoms with E-state index in [1.54, 1.807) is 0 Å². The van der Waals surface area contributed by atoms with Gasteiger partial charge in [-0.3, -0.25) is 0 Å². The highest BCUT2D eigenvalue weighted by Crippen LogP contribution is 2.26. The fourth-order valence-electron chi connectivity index (χ4n) is 2.75. The first kappa shape index (κ1) is 11.7. The number of piperazine rings is 1. The summed E-state index contributed by atoms with van der Waals surface area (Å²) in [5.41, 5.74) is 2.60. The molecular formula is C14H19BN3. The second-order valence-electron chi connectivity index (χ2n) is 4.83. The first-order chi connectivity index (χ1) is 8.88. The summed E-state index contributed by atoms with van der Waals surface area (Å²) in [7, 11) is 2.31. The molecule has 1 fully saturated rings. The predicted molar refractivity (Wildman–Crippen MR) is 78.3 cm³/mol. The highest BCUT2D eigenvalue weighted by Gasteiger charge is 2.18. The van der Waals surface area contributed by atoms with Crippen LogP contribution in [0.5, 0.6) is 0 Å². The Morgan fingerprint density at radius 1 is 1.17 bits per heavy atom. The molecular weight excluding hydrogens is 221 g/mol. The van der Waals surface area contributed by atoms with Gasteiger partial charge in [-0.25, -0.2) is 0 Å². The minimum atomic E-state index is 1.11. The van der Waals surface area contributed by atoms with Crippen molar-refractivity contribution in [3.8, 4) is 0 Å². The fraction of sp³-hybridized carbons (Fsp3) is 0.429. The summed E-state index contributed by atoms with van der Waals surface area (Å²) in [4.78, 5) is 8.22. The highest BCUT2D eigenvalue weighted by molar-refractivity contribution is 6.31. The van der Waals surface area contributed by atoms with Crippen molar-refractivity contribution in [1.82, 2.24) is 9.79 Å². The molecule has 4 heteroatoms. The normalized spacial score (nSPS) is 17.3. The first-order valence-corrected chi connectivity index (χ1v) is 6.77. The molecule has 18 heavy (non-hydrogen) atoms. The zero-order valence-corrected chi connectivity index (χ0v) is 10.9. The molecule has 2 heterocycles. The molecule has 1 aromatic heterocycles. The Morgan fingerprint density at radius 2 is 2.00 bits per heavy atom. The minimum absolute atomic E-state index is 1.11. The Bertz CT molecular complexity index is 514. The van der Waals surface area contributed by atoms with E-state index in [-0.39, 0.29) is 0 Å². The van der Waals surface area contributed by atoms with Gasteiger partial charge in [0, 0.05) is 49.0 Å². The van der Waals surface area contributed by atoms with Gasteiger partial charge in [-0.05, 0) is 18.2 Å². The van der Waals surface area contributed by atoms with E-state index in [1.807, 2.05) is 6.20 Å². The van der Waals surface area contributed by atoms with Gasteiger partial charge in [0.1, 0.15) is 0 Å². The summed E-state index contributed by atoms with van der Waals surface area (Å²) >= 11 is 0. The summed E-state index contributed by atoms with van der Waals surface area (Å²) in [6.07, 6.45) is 3.16. The van der Waals surface area contributed by atoms with Crippen molar-refractivity contribution in [1.29, 1.82) is 0 Å². The van der Waals surface area contributed by atoms with Crippen LogP contribution in [0.4, 0.5) is 5.69 Å². The Morgan fingerprint density at radius 3 is 2.78 bits per heavy atom. The third-order valence-electron chi connectivity index (χ3n) is 3.67. The van der Waals surface area contributed by atoms with Crippen molar-refractivity contribution in [3.63, 3.8) is 0 Å². The van der Waals surface area contributed by atoms with E-state index >= 15 is 0 Å².